The summed E-state index contributed by atoms with van der Waals surface area (Å²) in [5, 5.41) is 2.55. The maximum absolute atomic E-state index is 5.96. The highest BCUT2D eigenvalue weighted by Gasteiger charge is 2.12. The number of aromatic nitrogens is 1. The van der Waals surface area contributed by atoms with Crippen LogP contribution in [0.2, 0.25) is 0 Å². The minimum atomic E-state index is 0.784. The second kappa shape index (κ2) is 8.71. The Hall–Kier alpha value is -1.78. The molecule has 0 saturated heterocycles. The van der Waals surface area contributed by atoms with Gasteiger partial charge in [-0.05, 0) is 48.4 Å². The van der Waals surface area contributed by atoms with Crippen LogP contribution in [0, 0.1) is 0 Å². The van der Waals surface area contributed by atoms with Crippen LogP contribution in [0.15, 0.2) is 69.6 Å². The molecule has 1 aromatic heterocycles. The smallest absolute Gasteiger partial charge is 0.119 e. The molecule has 0 aliphatic carbocycles. The van der Waals surface area contributed by atoms with Gasteiger partial charge in [-0.1, -0.05) is 75.9 Å². The van der Waals surface area contributed by atoms with Crippen molar-refractivity contribution in [3.63, 3.8) is 0 Å². The minimum Gasteiger partial charge on any atom is -0.494 e. The molecule has 0 radical (unpaired) electrons. The second-order valence-electron chi connectivity index (χ2n) is 7.11. The lowest BCUT2D eigenvalue weighted by atomic mass is 10.2. The second-order valence-corrected chi connectivity index (χ2v) is 8.94. The highest BCUT2D eigenvalue weighted by Crippen LogP contribution is 2.33. The number of rotatable bonds is 7. The van der Waals surface area contributed by atoms with Gasteiger partial charge < -0.3 is 9.30 Å². The van der Waals surface area contributed by atoms with Gasteiger partial charge in [0.1, 0.15) is 5.75 Å². The number of fused-ring (bicyclic) bond motifs is 3. The lowest BCUT2D eigenvalue weighted by molar-refractivity contribution is 0.306. The maximum Gasteiger partial charge on any atom is 0.119 e. The first-order valence-corrected chi connectivity index (χ1v) is 11.3. The molecule has 0 N–H and O–H groups in total. The van der Waals surface area contributed by atoms with Gasteiger partial charge in [0.25, 0.3) is 0 Å². The fourth-order valence-electron chi connectivity index (χ4n) is 3.67. The molecule has 2 nitrogen and oxygen atoms in total. The number of hydrogen-bond donors (Lipinski definition) is 0. The molecule has 0 fully saturated rings. The van der Waals surface area contributed by atoms with Crippen LogP contribution in [0.25, 0.3) is 21.8 Å². The van der Waals surface area contributed by atoms with Crippen LogP contribution in [0.5, 0.6) is 5.75 Å². The molecule has 0 amide bonds. The van der Waals surface area contributed by atoms with Gasteiger partial charge in [0, 0.05) is 26.3 Å². The number of nitrogens with zero attached hydrogens (tertiary/aromatic N) is 1. The van der Waals surface area contributed by atoms with E-state index < -0.39 is 0 Å². The third-order valence-electron chi connectivity index (χ3n) is 5.05. The van der Waals surface area contributed by atoms with Gasteiger partial charge in [-0.3, -0.25) is 0 Å². The van der Waals surface area contributed by atoms with Crippen LogP contribution in [0.1, 0.15) is 31.7 Å². The van der Waals surface area contributed by atoms with E-state index in [0.29, 0.717) is 0 Å². The Morgan fingerprint density at radius 1 is 0.821 bits per heavy atom. The van der Waals surface area contributed by atoms with Crippen molar-refractivity contribution in [3.8, 4) is 5.75 Å². The molecule has 0 aliphatic heterocycles. The van der Waals surface area contributed by atoms with Crippen molar-refractivity contribution in [1.82, 2.24) is 4.57 Å². The SMILES string of the molecule is CCCCCOc1cccc(Cn2c3cc(Br)ccc3c3ccc(Br)cc32)c1. The molecule has 0 saturated carbocycles. The zero-order valence-electron chi connectivity index (χ0n) is 15.9. The summed E-state index contributed by atoms with van der Waals surface area (Å²) in [7, 11) is 0. The van der Waals surface area contributed by atoms with E-state index in [1.165, 1.54) is 40.2 Å². The molecule has 3 aromatic carbocycles. The van der Waals surface area contributed by atoms with Crippen molar-refractivity contribution in [2.24, 2.45) is 0 Å². The lowest BCUT2D eigenvalue weighted by Crippen LogP contribution is -2.01. The summed E-state index contributed by atoms with van der Waals surface area (Å²) in [4.78, 5) is 0. The van der Waals surface area contributed by atoms with E-state index >= 15 is 0 Å². The summed E-state index contributed by atoms with van der Waals surface area (Å²) in [6, 6.07) is 21.5. The normalized spacial score (nSPS) is 11.4. The maximum atomic E-state index is 5.96. The van der Waals surface area contributed by atoms with Gasteiger partial charge in [-0.25, -0.2) is 0 Å². The largest absolute Gasteiger partial charge is 0.494 e. The van der Waals surface area contributed by atoms with Crippen molar-refractivity contribution >= 4 is 53.7 Å². The molecule has 0 atom stereocenters. The van der Waals surface area contributed by atoms with E-state index in [4.69, 9.17) is 4.74 Å². The Kier molecular flexibility index (Phi) is 6.07. The number of ether oxygens (including phenoxy) is 1. The van der Waals surface area contributed by atoms with E-state index in [2.05, 4.69) is 104 Å². The minimum absolute atomic E-state index is 0.784. The van der Waals surface area contributed by atoms with Crippen LogP contribution in [-0.4, -0.2) is 11.2 Å². The van der Waals surface area contributed by atoms with Gasteiger partial charge in [0.15, 0.2) is 0 Å². The van der Waals surface area contributed by atoms with Gasteiger partial charge in [-0.2, -0.15) is 0 Å². The standard InChI is InChI=1S/C24H23Br2NO/c1-2-3-4-12-28-20-7-5-6-17(13-20)16-27-23-14-18(25)8-10-21(23)22-11-9-19(26)15-24(22)27/h5-11,13-15H,2-4,12,16H2,1H3. The molecular formula is C24H23Br2NO. The first-order valence-electron chi connectivity index (χ1n) is 9.74. The third-order valence-corrected chi connectivity index (χ3v) is 6.03. The molecular weight excluding hydrogens is 478 g/mol. The molecule has 0 spiro atoms. The van der Waals surface area contributed by atoms with Gasteiger partial charge in [0.2, 0.25) is 0 Å². The van der Waals surface area contributed by atoms with Crippen LogP contribution >= 0.6 is 31.9 Å². The van der Waals surface area contributed by atoms with Gasteiger partial charge in [0.05, 0.1) is 17.6 Å². The predicted octanol–water partition coefficient (Wildman–Crippen LogP) is 7.94. The molecule has 0 bridgehead atoms. The van der Waals surface area contributed by atoms with Crippen molar-refractivity contribution in [2.45, 2.75) is 32.7 Å². The van der Waals surface area contributed by atoms with Crippen LogP contribution in [0.4, 0.5) is 0 Å². The van der Waals surface area contributed by atoms with E-state index in [0.717, 1.165) is 34.3 Å². The average Bonchev–Trinajstić information content (AvgIpc) is 2.98. The fraction of sp³-hybridized carbons (Fsp3) is 0.250. The summed E-state index contributed by atoms with van der Waals surface area (Å²) in [6.45, 7) is 3.80. The highest BCUT2D eigenvalue weighted by atomic mass is 79.9. The van der Waals surface area contributed by atoms with Gasteiger partial charge >= 0.3 is 0 Å². The number of unbranched alkanes of at least 4 members (excludes halogenated alkanes) is 2. The van der Waals surface area contributed by atoms with Crippen molar-refractivity contribution in [3.05, 3.63) is 75.2 Å². The summed E-state index contributed by atoms with van der Waals surface area (Å²) >= 11 is 7.27. The van der Waals surface area contributed by atoms with E-state index in [1.807, 2.05) is 0 Å². The quantitative estimate of drug-likeness (QED) is 0.235. The zero-order chi connectivity index (χ0) is 19.5. The highest BCUT2D eigenvalue weighted by molar-refractivity contribution is 9.10. The monoisotopic (exact) mass is 499 g/mol. The van der Waals surface area contributed by atoms with Crippen LogP contribution < -0.4 is 4.74 Å². The van der Waals surface area contributed by atoms with E-state index in [1.54, 1.807) is 0 Å². The first kappa shape index (κ1) is 19.5. The van der Waals surface area contributed by atoms with Crippen molar-refractivity contribution in [2.75, 3.05) is 6.61 Å². The number of benzene rings is 3. The van der Waals surface area contributed by atoms with E-state index in [-0.39, 0.29) is 0 Å². The Balaban J connectivity index is 1.71. The lowest BCUT2D eigenvalue weighted by Gasteiger charge is -2.11. The van der Waals surface area contributed by atoms with Crippen LogP contribution in [-0.2, 0) is 6.54 Å². The molecule has 1 heterocycles. The molecule has 4 rings (SSSR count). The molecule has 4 heteroatoms. The van der Waals surface area contributed by atoms with E-state index in [9.17, 15) is 0 Å². The Bertz CT molecular complexity index is 1060. The third kappa shape index (κ3) is 4.13. The Morgan fingerprint density at radius 3 is 2.14 bits per heavy atom. The molecule has 4 aromatic rings. The zero-order valence-corrected chi connectivity index (χ0v) is 19.1. The van der Waals surface area contributed by atoms with Gasteiger partial charge in [-0.15, -0.1) is 0 Å². The molecule has 144 valence electrons. The average molecular weight is 501 g/mol. The summed E-state index contributed by atoms with van der Waals surface area (Å²) < 4.78 is 10.5. The summed E-state index contributed by atoms with van der Waals surface area (Å²) in [5.74, 6) is 0.955. The predicted molar refractivity (Wildman–Crippen MR) is 125 cm³/mol. The Labute approximate surface area is 182 Å². The number of hydrogen-bond acceptors (Lipinski definition) is 1. The molecule has 0 aliphatic rings. The van der Waals surface area contributed by atoms with Crippen molar-refractivity contribution in [1.29, 1.82) is 0 Å². The summed E-state index contributed by atoms with van der Waals surface area (Å²) in [6.07, 6.45) is 3.53. The Morgan fingerprint density at radius 2 is 1.50 bits per heavy atom. The molecule has 28 heavy (non-hydrogen) atoms. The first-order chi connectivity index (χ1) is 13.7. The number of halogens is 2. The summed E-state index contributed by atoms with van der Waals surface area (Å²) in [5.41, 5.74) is 3.71. The topological polar surface area (TPSA) is 14.2 Å². The van der Waals surface area contributed by atoms with Crippen LogP contribution in [0.3, 0.4) is 0 Å². The molecule has 0 unspecified atom stereocenters. The fourth-order valence-corrected chi connectivity index (χ4v) is 4.37. The van der Waals surface area contributed by atoms with Crippen molar-refractivity contribution < 1.29 is 4.74 Å².